The predicted octanol–water partition coefficient (Wildman–Crippen LogP) is 1.65. The van der Waals surface area contributed by atoms with Gasteiger partial charge in [-0.3, -0.25) is 4.98 Å². The van der Waals surface area contributed by atoms with Crippen LogP contribution in [0.3, 0.4) is 0 Å². The average molecular weight is 266 g/mol. The zero-order valence-electron chi connectivity index (χ0n) is 10.9. The summed E-state index contributed by atoms with van der Waals surface area (Å²) in [6.45, 7) is 3.07. The number of nitrogens with zero attached hydrogens (tertiary/aromatic N) is 1. The van der Waals surface area contributed by atoms with E-state index < -0.39 is 0 Å². The molecule has 104 valence electrons. The summed E-state index contributed by atoms with van der Waals surface area (Å²) < 4.78 is 24.8. The first-order valence-corrected chi connectivity index (χ1v) is 6.82. The van der Waals surface area contributed by atoms with Gasteiger partial charge in [-0.2, -0.15) is 0 Å². The molecule has 0 radical (unpaired) electrons. The van der Waals surface area contributed by atoms with E-state index in [0.29, 0.717) is 13.2 Å². The van der Waals surface area contributed by atoms with Crippen molar-refractivity contribution in [1.29, 1.82) is 0 Å². The molecule has 19 heavy (non-hydrogen) atoms. The van der Waals surface area contributed by atoms with Gasteiger partial charge in [-0.1, -0.05) is 0 Å². The van der Waals surface area contributed by atoms with Crippen molar-refractivity contribution in [2.75, 3.05) is 19.7 Å². The summed E-state index contributed by atoms with van der Waals surface area (Å²) in [6.07, 6.45) is 5.99. The molecule has 1 spiro atoms. The van der Waals surface area contributed by atoms with Crippen LogP contribution in [0.15, 0.2) is 18.5 Å². The number of piperidine rings is 1. The van der Waals surface area contributed by atoms with Crippen LogP contribution in [0.4, 0.5) is 4.39 Å². The van der Waals surface area contributed by atoms with Gasteiger partial charge < -0.3 is 14.8 Å². The third-order valence-electron chi connectivity index (χ3n) is 3.94. The zero-order chi connectivity index (χ0) is 13.1. The fourth-order valence-corrected chi connectivity index (χ4v) is 2.89. The highest BCUT2D eigenvalue weighted by molar-refractivity contribution is 5.08. The first-order chi connectivity index (χ1) is 9.26. The summed E-state index contributed by atoms with van der Waals surface area (Å²) in [5, 5.41) is 3.34. The van der Waals surface area contributed by atoms with Crippen molar-refractivity contribution in [1.82, 2.24) is 10.3 Å². The summed E-state index contributed by atoms with van der Waals surface area (Å²) in [6, 6.07) is 1.46. The molecular formula is C14H19FN2O2. The maximum atomic E-state index is 13.0. The van der Waals surface area contributed by atoms with E-state index in [2.05, 4.69) is 10.3 Å². The van der Waals surface area contributed by atoms with Gasteiger partial charge in [0.2, 0.25) is 0 Å². The standard InChI is InChI=1S/C14H19FN2O2/c15-12-5-11(7-17-8-12)9-18-13-6-14(19-10-13)1-3-16-4-2-14/h5,7-8,13,16H,1-4,6,9-10H2. The normalized spacial score (nSPS) is 25.8. The number of nitrogens with one attached hydrogen (secondary N) is 1. The summed E-state index contributed by atoms with van der Waals surface area (Å²) >= 11 is 0. The molecule has 1 N–H and O–H groups in total. The van der Waals surface area contributed by atoms with Crippen molar-refractivity contribution >= 4 is 0 Å². The van der Waals surface area contributed by atoms with Crippen LogP contribution in [0.25, 0.3) is 0 Å². The van der Waals surface area contributed by atoms with Gasteiger partial charge in [-0.05, 0) is 37.6 Å². The fourth-order valence-electron chi connectivity index (χ4n) is 2.89. The fraction of sp³-hybridized carbons (Fsp3) is 0.643. The predicted molar refractivity (Wildman–Crippen MR) is 68.2 cm³/mol. The highest BCUT2D eigenvalue weighted by Crippen LogP contribution is 2.35. The first-order valence-electron chi connectivity index (χ1n) is 6.82. The van der Waals surface area contributed by atoms with E-state index in [1.54, 1.807) is 6.20 Å². The number of aromatic nitrogens is 1. The van der Waals surface area contributed by atoms with Crippen LogP contribution in [-0.2, 0) is 16.1 Å². The molecule has 0 aromatic carbocycles. The Kier molecular flexibility index (Phi) is 3.77. The Morgan fingerprint density at radius 2 is 2.26 bits per heavy atom. The van der Waals surface area contributed by atoms with E-state index in [1.807, 2.05) is 0 Å². The zero-order valence-corrected chi connectivity index (χ0v) is 10.9. The molecule has 0 aliphatic carbocycles. The van der Waals surface area contributed by atoms with Crippen LogP contribution in [0, 0.1) is 5.82 Å². The number of hydrogen-bond donors (Lipinski definition) is 1. The van der Waals surface area contributed by atoms with Crippen molar-refractivity contribution in [3.8, 4) is 0 Å². The Balaban J connectivity index is 1.52. The second-order valence-electron chi connectivity index (χ2n) is 5.39. The third kappa shape index (κ3) is 3.11. The minimum Gasteiger partial charge on any atom is -0.372 e. The second-order valence-corrected chi connectivity index (χ2v) is 5.39. The highest BCUT2D eigenvalue weighted by Gasteiger charge is 2.41. The molecule has 2 aliphatic rings. The lowest BCUT2D eigenvalue weighted by molar-refractivity contribution is -0.0241. The molecule has 1 atom stereocenters. The van der Waals surface area contributed by atoms with Crippen LogP contribution in [0.1, 0.15) is 24.8 Å². The number of halogens is 1. The molecule has 3 rings (SSSR count). The van der Waals surface area contributed by atoms with E-state index in [9.17, 15) is 4.39 Å². The summed E-state index contributed by atoms with van der Waals surface area (Å²) in [5.41, 5.74) is 0.780. The van der Waals surface area contributed by atoms with Gasteiger partial charge >= 0.3 is 0 Å². The van der Waals surface area contributed by atoms with Gasteiger partial charge in [0.15, 0.2) is 0 Å². The Morgan fingerprint density at radius 3 is 3.05 bits per heavy atom. The molecule has 3 heterocycles. The van der Waals surface area contributed by atoms with Gasteiger partial charge in [0, 0.05) is 12.6 Å². The van der Waals surface area contributed by atoms with Crippen LogP contribution >= 0.6 is 0 Å². The average Bonchev–Trinajstić information content (AvgIpc) is 2.80. The van der Waals surface area contributed by atoms with E-state index >= 15 is 0 Å². The topological polar surface area (TPSA) is 43.4 Å². The summed E-state index contributed by atoms with van der Waals surface area (Å²) in [4.78, 5) is 3.82. The van der Waals surface area contributed by atoms with Gasteiger partial charge in [0.1, 0.15) is 5.82 Å². The van der Waals surface area contributed by atoms with Crippen molar-refractivity contribution in [2.24, 2.45) is 0 Å². The third-order valence-corrected chi connectivity index (χ3v) is 3.94. The molecule has 0 saturated carbocycles. The van der Waals surface area contributed by atoms with E-state index in [4.69, 9.17) is 9.47 Å². The van der Waals surface area contributed by atoms with Gasteiger partial charge in [0.05, 0.1) is 31.1 Å². The van der Waals surface area contributed by atoms with Crippen molar-refractivity contribution in [3.63, 3.8) is 0 Å². The molecule has 1 aromatic rings. The molecule has 0 bridgehead atoms. The lowest BCUT2D eigenvalue weighted by Crippen LogP contribution is -2.41. The van der Waals surface area contributed by atoms with Crippen molar-refractivity contribution in [3.05, 3.63) is 29.8 Å². The molecule has 5 heteroatoms. The SMILES string of the molecule is Fc1cncc(COC2COC3(CCNCC3)C2)c1. The Hall–Kier alpha value is -1.04. The highest BCUT2D eigenvalue weighted by atomic mass is 19.1. The van der Waals surface area contributed by atoms with Crippen molar-refractivity contribution in [2.45, 2.75) is 37.6 Å². The molecular weight excluding hydrogens is 247 g/mol. The molecule has 1 unspecified atom stereocenters. The van der Waals surface area contributed by atoms with E-state index in [0.717, 1.165) is 37.9 Å². The lowest BCUT2D eigenvalue weighted by atomic mass is 9.89. The van der Waals surface area contributed by atoms with Gasteiger partial charge in [-0.15, -0.1) is 0 Å². The molecule has 1 aromatic heterocycles. The Morgan fingerprint density at radius 1 is 1.42 bits per heavy atom. The summed E-state index contributed by atoms with van der Waals surface area (Å²) in [7, 11) is 0. The van der Waals surface area contributed by atoms with E-state index in [-0.39, 0.29) is 17.5 Å². The maximum absolute atomic E-state index is 13.0. The first kappa shape index (κ1) is 13.0. The summed E-state index contributed by atoms with van der Waals surface area (Å²) in [5.74, 6) is -0.321. The molecule has 0 amide bonds. The Labute approximate surface area is 112 Å². The van der Waals surface area contributed by atoms with E-state index in [1.165, 1.54) is 12.3 Å². The lowest BCUT2D eigenvalue weighted by Gasteiger charge is -2.32. The monoisotopic (exact) mass is 266 g/mol. The largest absolute Gasteiger partial charge is 0.372 e. The molecule has 2 aliphatic heterocycles. The minimum absolute atomic E-state index is 0.0100. The molecule has 2 fully saturated rings. The Bertz CT molecular complexity index is 435. The van der Waals surface area contributed by atoms with Crippen LogP contribution in [0.5, 0.6) is 0 Å². The maximum Gasteiger partial charge on any atom is 0.141 e. The van der Waals surface area contributed by atoms with Gasteiger partial charge in [-0.25, -0.2) is 4.39 Å². The number of pyridine rings is 1. The van der Waals surface area contributed by atoms with Crippen LogP contribution < -0.4 is 5.32 Å². The molecule has 2 saturated heterocycles. The molecule has 4 nitrogen and oxygen atoms in total. The number of rotatable bonds is 3. The number of hydrogen-bond acceptors (Lipinski definition) is 4. The second kappa shape index (κ2) is 5.53. The van der Waals surface area contributed by atoms with Gasteiger partial charge in [0.25, 0.3) is 0 Å². The van der Waals surface area contributed by atoms with Crippen molar-refractivity contribution < 1.29 is 13.9 Å². The number of ether oxygens (including phenoxy) is 2. The quantitative estimate of drug-likeness (QED) is 0.903. The minimum atomic E-state index is -0.321. The smallest absolute Gasteiger partial charge is 0.141 e. The van der Waals surface area contributed by atoms with Crippen LogP contribution in [0.2, 0.25) is 0 Å². The van der Waals surface area contributed by atoms with Crippen LogP contribution in [-0.4, -0.2) is 36.4 Å².